The molecule has 1 aromatic heterocycles. The summed E-state index contributed by atoms with van der Waals surface area (Å²) in [6.07, 6.45) is -0.593. The quantitative estimate of drug-likeness (QED) is 0.790. The molecule has 0 aliphatic carbocycles. The Kier molecular flexibility index (Phi) is 3.59. The Morgan fingerprint density at radius 3 is 2.60 bits per heavy atom. The number of rotatable bonds is 3. The van der Waals surface area contributed by atoms with E-state index in [1.807, 2.05) is 42.5 Å². The molecule has 0 spiro atoms. The number of nitrogens with zero attached hydrogens (tertiary/aromatic N) is 2. The monoisotopic (exact) mass is 330 g/mol. The predicted octanol–water partition coefficient (Wildman–Crippen LogP) is 3.90. The fraction of sp³-hybridized carbons (Fsp3) is 0.188. The number of fused-ring (bicyclic) bond motifs is 1. The van der Waals surface area contributed by atoms with Crippen molar-refractivity contribution in [3.8, 4) is 0 Å². The van der Waals surface area contributed by atoms with E-state index in [0.717, 1.165) is 21.1 Å². The Labute approximate surface area is 126 Å². The number of imidazole rings is 1. The normalized spacial score (nSPS) is 12.8. The molecule has 0 amide bonds. The standard InChI is InChI=1S/C16H15BrN2O/c1-11(20)16-18-14-8-4-5-9-15(14)19(16)10-12-6-2-3-7-13(12)17/h2-9,11,20H,10H2,1H3. The van der Waals surface area contributed by atoms with E-state index >= 15 is 0 Å². The van der Waals surface area contributed by atoms with Crippen molar-refractivity contribution >= 4 is 27.0 Å². The van der Waals surface area contributed by atoms with Crippen molar-refractivity contribution in [3.63, 3.8) is 0 Å². The van der Waals surface area contributed by atoms with Gasteiger partial charge >= 0.3 is 0 Å². The van der Waals surface area contributed by atoms with Gasteiger partial charge in [-0.25, -0.2) is 4.98 Å². The number of aliphatic hydroxyl groups excluding tert-OH is 1. The summed E-state index contributed by atoms with van der Waals surface area (Å²) < 4.78 is 3.13. The molecule has 1 unspecified atom stereocenters. The second kappa shape index (κ2) is 5.38. The zero-order valence-electron chi connectivity index (χ0n) is 11.1. The molecule has 20 heavy (non-hydrogen) atoms. The van der Waals surface area contributed by atoms with Crippen LogP contribution in [0.25, 0.3) is 11.0 Å². The fourth-order valence-corrected chi connectivity index (χ4v) is 2.79. The first-order chi connectivity index (χ1) is 9.66. The lowest BCUT2D eigenvalue weighted by Gasteiger charge is -2.12. The van der Waals surface area contributed by atoms with Gasteiger partial charge in [0, 0.05) is 4.47 Å². The van der Waals surface area contributed by atoms with Gasteiger partial charge in [-0.2, -0.15) is 0 Å². The van der Waals surface area contributed by atoms with E-state index in [4.69, 9.17) is 0 Å². The van der Waals surface area contributed by atoms with E-state index in [2.05, 4.69) is 31.5 Å². The third-order valence-electron chi connectivity index (χ3n) is 3.34. The summed E-state index contributed by atoms with van der Waals surface area (Å²) in [6, 6.07) is 16.1. The maximum Gasteiger partial charge on any atom is 0.138 e. The van der Waals surface area contributed by atoms with Gasteiger partial charge in [0.2, 0.25) is 0 Å². The Hall–Kier alpha value is -1.65. The minimum atomic E-state index is -0.593. The van der Waals surface area contributed by atoms with Crippen LogP contribution in [0.2, 0.25) is 0 Å². The summed E-state index contributed by atoms with van der Waals surface area (Å²) in [6.45, 7) is 2.43. The second-order valence-electron chi connectivity index (χ2n) is 4.81. The van der Waals surface area contributed by atoms with Gasteiger partial charge in [-0.3, -0.25) is 0 Å². The molecular formula is C16H15BrN2O. The number of hydrogen-bond acceptors (Lipinski definition) is 2. The van der Waals surface area contributed by atoms with Gasteiger partial charge in [0.05, 0.1) is 17.6 Å². The molecule has 0 aliphatic heterocycles. The molecule has 1 heterocycles. The molecular weight excluding hydrogens is 316 g/mol. The molecule has 0 saturated carbocycles. The zero-order valence-corrected chi connectivity index (χ0v) is 12.7. The second-order valence-corrected chi connectivity index (χ2v) is 5.67. The van der Waals surface area contributed by atoms with Crippen molar-refractivity contribution in [2.45, 2.75) is 19.6 Å². The van der Waals surface area contributed by atoms with Crippen molar-refractivity contribution in [2.24, 2.45) is 0 Å². The molecule has 0 bridgehead atoms. The molecule has 3 nitrogen and oxygen atoms in total. The first kappa shape index (κ1) is 13.3. The van der Waals surface area contributed by atoms with Gasteiger partial charge in [0.1, 0.15) is 11.9 Å². The molecule has 1 atom stereocenters. The largest absolute Gasteiger partial charge is 0.385 e. The van der Waals surface area contributed by atoms with Crippen LogP contribution in [-0.2, 0) is 6.54 Å². The van der Waals surface area contributed by atoms with Gasteiger partial charge in [-0.05, 0) is 30.7 Å². The first-order valence-electron chi connectivity index (χ1n) is 6.53. The average Bonchev–Trinajstić information content (AvgIpc) is 2.81. The summed E-state index contributed by atoms with van der Waals surface area (Å²) >= 11 is 3.57. The average molecular weight is 331 g/mol. The Bertz CT molecular complexity index is 749. The van der Waals surface area contributed by atoms with Crippen LogP contribution < -0.4 is 0 Å². The van der Waals surface area contributed by atoms with Gasteiger partial charge in [-0.15, -0.1) is 0 Å². The molecule has 3 aromatic rings. The van der Waals surface area contributed by atoms with Gasteiger partial charge < -0.3 is 9.67 Å². The zero-order chi connectivity index (χ0) is 14.1. The summed E-state index contributed by atoms with van der Waals surface area (Å²) in [5.41, 5.74) is 3.12. The van der Waals surface area contributed by atoms with E-state index in [0.29, 0.717) is 12.4 Å². The van der Waals surface area contributed by atoms with Crippen molar-refractivity contribution in [1.29, 1.82) is 0 Å². The maximum atomic E-state index is 9.96. The summed E-state index contributed by atoms with van der Waals surface area (Å²) in [5, 5.41) is 9.96. The van der Waals surface area contributed by atoms with Crippen LogP contribution in [0.15, 0.2) is 53.0 Å². The molecule has 0 aliphatic rings. The van der Waals surface area contributed by atoms with Gasteiger partial charge in [0.15, 0.2) is 0 Å². The SMILES string of the molecule is CC(O)c1nc2ccccc2n1Cc1ccccc1Br. The van der Waals surface area contributed by atoms with E-state index in [1.54, 1.807) is 6.92 Å². The summed E-state index contributed by atoms with van der Waals surface area (Å²) in [7, 11) is 0. The van der Waals surface area contributed by atoms with Crippen LogP contribution in [0.4, 0.5) is 0 Å². The van der Waals surface area contributed by atoms with Crippen LogP contribution in [0.3, 0.4) is 0 Å². The van der Waals surface area contributed by atoms with Gasteiger partial charge in [-0.1, -0.05) is 46.3 Å². The lowest BCUT2D eigenvalue weighted by Crippen LogP contribution is -2.08. The number of halogens is 1. The van der Waals surface area contributed by atoms with Crippen molar-refractivity contribution < 1.29 is 5.11 Å². The topological polar surface area (TPSA) is 38.1 Å². The molecule has 2 aromatic carbocycles. The highest BCUT2D eigenvalue weighted by atomic mass is 79.9. The maximum absolute atomic E-state index is 9.96. The third-order valence-corrected chi connectivity index (χ3v) is 4.12. The number of para-hydroxylation sites is 2. The van der Waals surface area contributed by atoms with E-state index in [9.17, 15) is 5.11 Å². The highest BCUT2D eigenvalue weighted by Crippen LogP contribution is 2.24. The molecule has 4 heteroatoms. The van der Waals surface area contributed by atoms with Crippen molar-refractivity contribution in [2.75, 3.05) is 0 Å². The van der Waals surface area contributed by atoms with Crippen LogP contribution in [0.5, 0.6) is 0 Å². The minimum Gasteiger partial charge on any atom is -0.385 e. The highest BCUT2D eigenvalue weighted by Gasteiger charge is 2.15. The molecule has 102 valence electrons. The first-order valence-corrected chi connectivity index (χ1v) is 7.33. The highest BCUT2D eigenvalue weighted by molar-refractivity contribution is 9.10. The Morgan fingerprint density at radius 2 is 1.85 bits per heavy atom. The van der Waals surface area contributed by atoms with Crippen molar-refractivity contribution in [3.05, 3.63) is 64.4 Å². The molecule has 3 rings (SSSR count). The van der Waals surface area contributed by atoms with Crippen LogP contribution in [0.1, 0.15) is 24.4 Å². The lowest BCUT2D eigenvalue weighted by molar-refractivity contribution is 0.185. The Balaban J connectivity index is 2.14. The lowest BCUT2D eigenvalue weighted by atomic mass is 10.2. The van der Waals surface area contributed by atoms with Crippen molar-refractivity contribution in [1.82, 2.24) is 9.55 Å². The smallest absolute Gasteiger partial charge is 0.138 e. The van der Waals surface area contributed by atoms with Crippen LogP contribution >= 0.6 is 15.9 Å². The number of aliphatic hydroxyl groups is 1. The number of benzene rings is 2. The van der Waals surface area contributed by atoms with E-state index in [1.165, 1.54) is 0 Å². The summed E-state index contributed by atoms with van der Waals surface area (Å²) in [5.74, 6) is 0.696. The number of aromatic nitrogens is 2. The van der Waals surface area contributed by atoms with Crippen LogP contribution in [0, 0.1) is 0 Å². The molecule has 1 N–H and O–H groups in total. The third kappa shape index (κ3) is 2.37. The molecule has 0 fully saturated rings. The molecule has 0 saturated heterocycles. The Morgan fingerprint density at radius 1 is 1.15 bits per heavy atom. The molecule has 0 radical (unpaired) electrons. The van der Waals surface area contributed by atoms with Gasteiger partial charge in [0.25, 0.3) is 0 Å². The predicted molar refractivity (Wildman–Crippen MR) is 83.6 cm³/mol. The number of hydrogen-bond donors (Lipinski definition) is 1. The van der Waals surface area contributed by atoms with Crippen LogP contribution in [-0.4, -0.2) is 14.7 Å². The summed E-state index contributed by atoms with van der Waals surface area (Å²) in [4.78, 5) is 4.54. The van der Waals surface area contributed by atoms with E-state index < -0.39 is 6.10 Å². The van der Waals surface area contributed by atoms with E-state index in [-0.39, 0.29) is 0 Å². The minimum absolute atomic E-state index is 0.593. The fourth-order valence-electron chi connectivity index (χ4n) is 2.38.